The molecule has 1 fully saturated rings. The van der Waals surface area contributed by atoms with Crippen LogP contribution in [-0.4, -0.2) is 51.6 Å². The number of hydrogen-bond acceptors (Lipinski definition) is 6. The van der Waals surface area contributed by atoms with E-state index in [0.717, 1.165) is 12.1 Å². The quantitative estimate of drug-likeness (QED) is 0.561. The zero-order chi connectivity index (χ0) is 23.5. The minimum Gasteiger partial charge on any atom is -0.486 e. The van der Waals surface area contributed by atoms with Gasteiger partial charge < -0.3 is 19.7 Å². The van der Waals surface area contributed by atoms with Crippen LogP contribution in [0.4, 0.5) is 11.4 Å². The van der Waals surface area contributed by atoms with Gasteiger partial charge in [0.2, 0.25) is 0 Å². The van der Waals surface area contributed by atoms with E-state index in [1.807, 2.05) is 35.2 Å². The van der Waals surface area contributed by atoms with Gasteiger partial charge in [-0.25, -0.2) is 8.42 Å². The molecule has 5 rings (SSSR count). The molecule has 0 spiro atoms. The number of carbonyl (C=O) groups is 1. The van der Waals surface area contributed by atoms with Crippen LogP contribution in [0.25, 0.3) is 0 Å². The van der Waals surface area contributed by atoms with Gasteiger partial charge in [-0.1, -0.05) is 18.2 Å². The van der Waals surface area contributed by atoms with Crippen molar-refractivity contribution >= 4 is 27.3 Å². The van der Waals surface area contributed by atoms with Crippen LogP contribution < -0.4 is 19.5 Å². The molecule has 0 aromatic heterocycles. The fourth-order valence-corrected chi connectivity index (χ4v) is 5.17. The molecule has 2 heterocycles. The molecule has 3 aromatic carbocycles. The maximum Gasteiger partial charge on any atom is 0.262 e. The zero-order valence-corrected chi connectivity index (χ0v) is 19.3. The highest BCUT2D eigenvalue weighted by molar-refractivity contribution is 7.92. The molecular formula is C25H25N3O5S. The van der Waals surface area contributed by atoms with Crippen molar-refractivity contribution in [2.24, 2.45) is 0 Å². The van der Waals surface area contributed by atoms with E-state index in [0.29, 0.717) is 49.1 Å². The van der Waals surface area contributed by atoms with E-state index >= 15 is 0 Å². The Hall–Kier alpha value is -3.72. The predicted octanol–water partition coefficient (Wildman–Crippen LogP) is 3.59. The van der Waals surface area contributed by atoms with Crippen molar-refractivity contribution < 1.29 is 22.7 Å². The van der Waals surface area contributed by atoms with Gasteiger partial charge in [-0.05, 0) is 55.0 Å². The molecular weight excluding hydrogens is 454 g/mol. The smallest absolute Gasteiger partial charge is 0.262 e. The van der Waals surface area contributed by atoms with Crippen LogP contribution in [0.1, 0.15) is 16.8 Å². The third kappa shape index (κ3) is 4.79. The summed E-state index contributed by atoms with van der Waals surface area (Å²) in [4.78, 5) is 14.8. The number of anilines is 2. The van der Waals surface area contributed by atoms with E-state index in [2.05, 4.69) is 10.0 Å². The van der Waals surface area contributed by atoms with Gasteiger partial charge in [-0.15, -0.1) is 0 Å². The normalized spacial score (nSPS) is 17.3. The van der Waals surface area contributed by atoms with Crippen molar-refractivity contribution in [3.8, 4) is 11.5 Å². The molecule has 0 bridgehead atoms. The molecule has 0 saturated carbocycles. The van der Waals surface area contributed by atoms with E-state index in [9.17, 15) is 13.2 Å². The summed E-state index contributed by atoms with van der Waals surface area (Å²) in [7, 11) is -3.82. The molecule has 1 amide bonds. The van der Waals surface area contributed by atoms with Gasteiger partial charge in [-0.2, -0.15) is 0 Å². The third-order valence-corrected chi connectivity index (χ3v) is 7.21. The van der Waals surface area contributed by atoms with E-state index in [4.69, 9.17) is 9.47 Å². The number of likely N-dealkylation sites (tertiary alicyclic amines) is 1. The molecule has 1 unspecified atom stereocenters. The Morgan fingerprint density at radius 2 is 1.62 bits per heavy atom. The number of para-hydroxylation sites is 1. The first-order chi connectivity index (χ1) is 16.5. The van der Waals surface area contributed by atoms with E-state index < -0.39 is 10.0 Å². The summed E-state index contributed by atoms with van der Waals surface area (Å²) >= 11 is 0. The highest BCUT2D eigenvalue weighted by atomic mass is 32.2. The Kier molecular flexibility index (Phi) is 6.02. The molecule has 1 atom stereocenters. The Balaban J connectivity index is 1.22. The highest BCUT2D eigenvalue weighted by Crippen LogP contribution is 2.32. The second-order valence-corrected chi connectivity index (χ2v) is 9.92. The van der Waals surface area contributed by atoms with E-state index in [1.54, 1.807) is 30.3 Å². The van der Waals surface area contributed by atoms with Crippen LogP contribution in [0.2, 0.25) is 0 Å². The summed E-state index contributed by atoms with van der Waals surface area (Å²) in [5.74, 6) is 0.857. The molecule has 0 radical (unpaired) electrons. The first-order valence-corrected chi connectivity index (χ1v) is 12.6. The highest BCUT2D eigenvalue weighted by Gasteiger charge is 2.27. The Morgan fingerprint density at radius 3 is 2.38 bits per heavy atom. The summed E-state index contributed by atoms with van der Waals surface area (Å²) in [5, 5.41) is 3.46. The van der Waals surface area contributed by atoms with E-state index in [-0.39, 0.29) is 16.8 Å². The number of fused-ring (bicyclic) bond motifs is 1. The number of nitrogens with zero attached hydrogens (tertiary/aromatic N) is 1. The summed E-state index contributed by atoms with van der Waals surface area (Å²) < 4.78 is 39.1. The van der Waals surface area contributed by atoms with Gasteiger partial charge in [0, 0.05) is 42.1 Å². The predicted molar refractivity (Wildman–Crippen MR) is 129 cm³/mol. The fraction of sp³-hybridized carbons (Fsp3) is 0.240. The second-order valence-electron chi connectivity index (χ2n) is 8.24. The Bertz CT molecular complexity index is 1280. The van der Waals surface area contributed by atoms with Crippen LogP contribution in [0.5, 0.6) is 11.5 Å². The van der Waals surface area contributed by atoms with Gasteiger partial charge >= 0.3 is 0 Å². The van der Waals surface area contributed by atoms with Crippen LogP contribution in [0.3, 0.4) is 0 Å². The number of nitrogens with one attached hydrogen (secondary N) is 2. The van der Waals surface area contributed by atoms with Gasteiger partial charge in [0.25, 0.3) is 15.9 Å². The molecule has 9 heteroatoms. The lowest BCUT2D eigenvalue weighted by Gasteiger charge is -2.19. The maximum atomic E-state index is 12.9. The van der Waals surface area contributed by atoms with Crippen LogP contribution >= 0.6 is 0 Å². The number of carbonyl (C=O) groups excluding carboxylic acids is 1. The standard InChI is InChI=1S/C25H25N3O5S/c29-25(28-13-12-21(17-28)26-19-4-2-1-3-5-19)18-6-8-20(9-7-18)27-34(30,31)22-10-11-23-24(16-22)33-15-14-32-23/h1-11,16,21,26-27H,12-15,17H2. The van der Waals surface area contributed by atoms with Gasteiger partial charge in [0.15, 0.2) is 11.5 Å². The molecule has 2 N–H and O–H groups in total. The van der Waals surface area contributed by atoms with Gasteiger partial charge in [0.05, 0.1) is 4.90 Å². The average molecular weight is 480 g/mol. The maximum absolute atomic E-state index is 12.9. The van der Waals surface area contributed by atoms with Crippen LogP contribution in [0, 0.1) is 0 Å². The van der Waals surface area contributed by atoms with Crippen LogP contribution in [0.15, 0.2) is 77.7 Å². The van der Waals surface area contributed by atoms with Crippen molar-refractivity contribution in [3.05, 3.63) is 78.4 Å². The number of amides is 1. The van der Waals surface area contributed by atoms with Crippen molar-refractivity contribution in [1.29, 1.82) is 0 Å². The lowest BCUT2D eigenvalue weighted by Crippen LogP contribution is -2.31. The summed E-state index contributed by atoms with van der Waals surface area (Å²) in [6, 6.07) is 21.1. The molecule has 2 aliphatic heterocycles. The molecule has 2 aliphatic rings. The summed E-state index contributed by atoms with van der Waals surface area (Å²) in [6.07, 6.45) is 0.869. The summed E-state index contributed by atoms with van der Waals surface area (Å²) in [6.45, 7) is 2.09. The number of ether oxygens (including phenoxy) is 2. The third-order valence-electron chi connectivity index (χ3n) is 5.83. The second kappa shape index (κ2) is 9.26. The van der Waals surface area contributed by atoms with Crippen LogP contribution in [-0.2, 0) is 10.0 Å². The molecule has 1 saturated heterocycles. The topological polar surface area (TPSA) is 97.0 Å². The van der Waals surface area contributed by atoms with Crippen molar-refractivity contribution in [3.63, 3.8) is 0 Å². The molecule has 0 aliphatic carbocycles. The summed E-state index contributed by atoms with van der Waals surface area (Å²) in [5.41, 5.74) is 1.93. The lowest BCUT2D eigenvalue weighted by atomic mass is 10.2. The number of benzene rings is 3. The van der Waals surface area contributed by atoms with Gasteiger partial charge in [-0.3, -0.25) is 9.52 Å². The monoisotopic (exact) mass is 479 g/mol. The van der Waals surface area contributed by atoms with E-state index in [1.165, 1.54) is 12.1 Å². The Labute approximate surface area is 198 Å². The van der Waals surface area contributed by atoms with Crippen molar-refractivity contribution in [2.75, 3.05) is 36.3 Å². The number of rotatable bonds is 6. The average Bonchev–Trinajstić information content (AvgIpc) is 3.32. The molecule has 34 heavy (non-hydrogen) atoms. The first kappa shape index (κ1) is 22.1. The SMILES string of the molecule is O=C(c1ccc(NS(=O)(=O)c2ccc3c(c2)OCCO3)cc1)N1CCC(Nc2ccccc2)C1. The fourth-order valence-electron chi connectivity index (χ4n) is 4.10. The number of hydrogen-bond donors (Lipinski definition) is 2. The van der Waals surface area contributed by atoms with Crippen molar-refractivity contribution in [1.82, 2.24) is 4.90 Å². The Morgan fingerprint density at radius 1 is 0.882 bits per heavy atom. The molecule has 176 valence electrons. The van der Waals surface area contributed by atoms with Gasteiger partial charge in [0.1, 0.15) is 13.2 Å². The zero-order valence-electron chi connectivity index (χ0n) is 18.4. The lowest BCUT2D eigenvalue weighted by molar-refractivity contribution is 0.0791. The minimum absolute atomic E-state index is 0.0707. The molecule has 8 nitrogen and oxygen atoms in total. The van der Waals surface area contributed by atoms with Crippen molar-refractivity contribution in [2.45, 2.75) is 17.4 Å². The largest absolute Gasteiger partial charge is 0.486 e. The minimum atomic E-state index is -3.82. The number of sulfonamides is 1. The first-order valence-electron chi connectivity index (χ1n) is 11.1. The molecule has 3 aromatic rings.